The molecule has 0 aliphatic heterocycles. The Morgan fingerprint density at radius 1 is 1.16 bits per heavy atom. The van der Waals surface area contributed by atoms with Crippen LogP contribution in [0.25, 0.3) is 0 Å². The van der Waals surface area contributed by atoms with Crippen LogP contribution in [0.2, 0.25) is 0 Å². The van der Waals surface area contributed by atoms with Gasteiger partial charge in [0.2, 0.25) is 0 Å². The summed E-state index contributed by atoms with van der Waals surface area (Å²) in [5, 5.41) is 12.7. The molecule has 2 nitrogen and oxygen atoms in total. The first-order valence-corrected chi connectivity index (χ1v) is 6.57. The van der Waals surface area contributed by atoms with Crippen LogP contribution in [-0.4, -0.2) is 0 Å². The van der Waals surface area contributed by atoms with Crippen molar-refractivity contribution in [3.63, 3.8) is 0 Å². The number of anilines is 1. The molecule has 0 fully saturated rings. The topological polar surface area (TPSA) is 35.8 Å². The van der Waals surface area contributed by atoms with Crippen molar-refractivity contribution in [2.45, 2.75) is 26.3 Å². The molecule has 0 saturated heterocycles. The van der Waals surface area contributed by atoms with Crippen molar-refractivity contribution in [1.29, 1.82) is 5.26 Å². The molecule has 1 atom stereocenters. The second kappa shape index (κ2) is 6.06. The third kappa shape index (κ3) is 3.14. The van der Waals surface area contributed by atoms with E-state index in [4.69, 9.17) is 0 Å². The summed E-state index contributed by atoms with van der Waals surface area (Å²) in [4.78, 5) is 0. The zero-order valence-electron chi connectivity index (χ0n) is 11.4. The largest absolute Gasteiger partial charge is 0.377 e. The van der Waals surface area contributed by atoms with Crippen molar-refractivity contribution < 1.29 is 0 Å². The Hall–Kier alpha value is -2.27. The molecular formula is C17H18N2. The van der Waals surface area contributed by atoms with Gasteiger partial charge in [-0.1, -0.05) is 43.3 Å². The van der Waals surface area contributed by atoms with Crippen molar-refractivity contribution in [2.24, 2.45) is 0 Å². The maximum absolute atomic E-state index is 9.18. The molecule has 2 rings (SSSR count). The van der Waals surface area contributed by atoms with Crippen LogP contribution in [0.5, 0.6) is 0 Å². The minimum Gasteiger partial charge on any atom is -0.377 e. The molecule has 2 aromatic carbocycles. The smallest absolute Gasteiger partial charge is 0.101 e. The first-order valence-electron chi connectivity index (χ1n) is 6.57. The Kier molecular flexibility index (Phi) is 4.20. The fourth-order valence-electron chi connectivity index (χ4n) is 2.17. The maximum atomic E-state index is 9.18. The van der Waals surface area contributed by atoms with Crippen LogP contribution in [0.3, 0.4) is 0 Å². The highest BCUT2D eigenvalue weighted by Crippen LogP contribution is 2.25. The molecule has 96 valence electrons. The van der Waals surface area contributed by atoms with Crippen LogP contribution >= 0.6 is 0 Å². The van der Waals surface area contributed by atoms with Gasteiger partial charge in [0.25, 0.3) is 0 Å². The van der Waals surface area contributed by atoms with Crippen molar-refractivity contribution >= 4 is 5.69 Å². The lowest BCUT2D eigenvalue weighted by Gasteiger charge is -2.20. The fraction of sp³-hybridized carbons (Fsp3) is 0.235. The van der Waals surface area contributed by atoms with Crippen LogP contribution in [0.1, 0.15) is 36.1 Å². The van der Waals surface area contributed by atoms with Gasteiger partial charge in [0.1, 0.15) is 6.07 Å². The van der Waals surface area contributed by atoms with E-state index in [1.54, 1.807) is 0 Å². The molecule has 0 saturated carbocycles. The predicted molar refractivity (Wildman–Crippen MR) is 79.0 cm³/mol. The molecule has 2 heteroatoms. The number of nitriles is 1. The van der Waals surface area contributed by atoms with E-state index in [9.17, 15) is 5.26 Å². The maximum Gasteiger partial charge on any atom is 0.101 e. The van der Waals surface area contributed by atoms with Gasteiger partial charge in [0.15, 0.2) is 0 Å². The number of nitrogens with one attached hydrogen (secondary N) is 1. The van der Waals surface area contributed by atoms with E-state index in [1.165, 1.54) is 5.56 Å². The molecule has 0 aliphatic rings. The van der Waals surface area contributed by atoms with Crippen LogP contribution < -0.4 is 5.32 Å². The standard InChI is InChI=1S/C17H18N2/c1-3-16(14-7-5-4-6-8-14)19-17-11-13(2)9-10-15(17)12-18/h4-11,16,19H,3H2,1-2H3. The lowest BCUT2D eigenvalue weighted by atomic mass is 10.0. The number of benzene rings is 2. The highest BCUT2D eigenvalue weighted by Gasteiger charge is 2.11. The summed E-state index contributed by atoms with van der Waals surface area (Å²) in [5.41, 5.74) is 4.01. The van der Waals surface area contributed by atoms with Gasteiger partial charge in [-0.05, 0) is 36.6 Å². The van der Waals surface area contributed by atoms with E-state index in [2.05, 4.69) is 30.4 Å². The minimum atomic E-state index is 0.232. The molecule has 0 aliphatic carbocycles. The summed E-state index contributed by atoms with van der Waals surface area (Å²) >= 11 is 0. The Balaban J connectivity index is 2.29. The zero-order chi connectivity index (χ0) is 13.7. The Bertz CT molecular complexity index is 582. The number of hydrogen-bond acceptors (Lipinski definition) is 2. The van der Waals surface area contributed by atoms with E-state index in [0.29, 0.717) is 5.56 Å². The first kappa shape index (κ1) is 13.2. The van der Waals surface area contributed by atoms with E-state index in [-0.39, 0.29) is 6.04 Å². The molecule has 0 heterocycles. The molecule has 0 amide bonds. The first-order chi connectivity index (χ1) is 9.24. The highest BCUT2D eigenvalue weighted by molar-refractivity contribution is 5.59. The Labute approximate surface area is 114 Å². The van der Waals surface area contributed by atoms with Crippen molar-refractivity contribution in [1.82, 2.24) is 0 Å². The molecule has 19 heavy (non-hydrogen) atoms. The summed E-state index contributed by atoms with van der Waals surface area (Å²) in [6.07, 6.45) is 0.975. The molecule has 2 aromatic rings. The van der Waals surface area contributed by atoms with Crippen LogP contribution in [0, 0.1) is 18.3 Å². The van der Waals surface area contributed by atoms with Gasteiger partial charge in [-0.25, -0.2) is 0 Å². The third-order valence-corrected chi connectivity index (χ3v) is 3.24. The lowest BCUT2D eigenvalue weighted by Crippen LogP contribution is -2.10. The number of nitrogens with zero attached hydrogens (tertiary/aromatic N) is 1. The molecule has 0 bridgehead atoms. The van der Waals surface area contributed by atoms with Gasteiger partial charge in [-0.3, -0.25) is 0 Å². The van der Waals surface area contributed by atoms with Crippen molar-refractivity contribution in [3.8, 4) is 6.07 Å². The second-order valence-corrected chi connectivity index (χ2v) is 4.68. The van der Waals surface area contributed by atoms with E-state index in [0.717, 1.165) is 17.7 Å². The molecule has 1 N–H and O–H groups in total. The molecule has 0 radical (unpaired) electrons. The Morgan fingerprint density at radius 3 is 2.53 bits per heavy atom. The van der Waals surface area contributed by atoms with Gasteiger partial charge < -0.3 is 5.32 Å². The van der Waals surface area contributed by atoms with E-state index < -0.39 is 0 Å². The summed E-state index contributed by atoms with van der Waals surface area (Å²) in [6.45, 7) is 4.18. The quantitative estimate of drug-likeness (QED) is 0.871. The normalized spacial score (nSPS) is 11.6. The van der Waals surface area contributed by atoms with Gasteiger partial charge in [-0.2, -0.15) is 5.26 Å². The summed E-state index contributed by atoms with van der Waals surface area (Å²) in [6, 6.07) is 18.7. The monoisotopic (exact) mass is 250 g/mol. The molecule has 1 unspecified atom stereocenters. The van der Waals surface area contributed by atoms with Crippen LogP contribution in [-0.2, 0) is 0 Å². The van der Waals surface area contributed by atoms with Crippen molar-refractivity contribution in [2.75, 3.05) is 5.32 Å². The van der Waals surface area contributed by atoms with Gasteiger partial charge in [0.05, 0.1) is 17.3 Å². The average molecular weight is 250 g/mol. The summed E-state index contributed by atoms with van der Waals surface area (Å²) < 4.78 is 0. The average Bonchev–Trinajstić information content (AvgIpc) is 2.46. The molecule has 0 aromatic heterocycles. The second-order valence-electron chi connectivity index (χ2n) is 4.68. The SMILES string of the molecule is CCC(Nc1cc(C)ccc1C#N)c1ccccc1. The predicted octanol–water partition coefficient (Wildman–Crippen LogP) is 4.43. The Morgan fingerprint density at radius 2 is 1.89 bits per heavy atom. The fourth-order valence-corrected chi connectivity index (χ4v) is 2.17. The number of hydrogen-bond donors (Lipinski definition) is 1. The van der Waals surface area contributed by atoms with E-state index >= 15 is 0 Å². The van der Waals surface area contributed by atoms with Crippen LogP contribution in [0.4, 0.5) is 5.69 Å². The van der Waals surface area contributed by atoms with Gasteiger partial charge in [-0.15, -0.1) is 0 Å². The zero-order valence-corrected chi connectivity index (χ0v) is 11.4. The minimum absolute atomic E-state index is 0.232. The number of rotatable bonds is 4. The molecule has 0 spiro atoms. The van der Waals surface area contributed by atoms with Gasteiger partial charge >= 0.3 is 0 Å². The number of aryl methyl sites for hydroxylation is 1. The molecular weight excluding hydrogens is 232 g/mol. The van der Waals surface area contributed by atoms with Gasteiger partial charge in [0, 0.05) is 0 Å². The van der Waals surface area contributed by atoms with Crippen LogP contribution in [0.15, 0.2) is 48.5 Å². The lowest BCUT2D eigenvalue weighted by molar-refractivity contribution is 0.749. The van der Waals surface area contributed by atoms with E-state index in [1.807, 2.05) is 43.3 Å². The highest BCUT2D eigenvalue weighted by atomic mass is 14.9. The third-order valence-electron chi connectivity index (χ3n) is 3.24. The summed E-state index contributed by atoms with van der Waals surface area (Å²) in [5.74, 6) is 0. The summed E-state index contributed by atoms with van der Waals surface area (Å²) in [7, 11) is 0. The van der Waals surface area contributed by atoms with Crippen molar-refractivity contribution in [3.05, 3.63) is 65.2 Å².